The van der Waals surface area contributed by atoms with Crippen LogP contribution in [0.4, 0.5) is 5.69 Å². The SMILES string of the molecule is CCN(CC)S(=O)(=O)c1cc(C(=O)Nc2ccc(C(=O)OC)cc2)ccc1C. The lowest BCUT2D eigenvalue weighted by atomic mass is 10.1. The van der Waals surface area contributed by atoms with Crippen LogP contribution in [-0.2, 0) is 14.8 Å². The van der Waals surface area contributed by atoms with Gasteiger partial charge in [0.2, 0.25) is 10.0 Å². The number of carbonyl (C=O) groups excluding carboxylic acids is 2. The van der Waals surface area contributed by atoms with Gasteiger partial charge in [0.1, 0.15) is 0 Å². The summed E-state index contributed by atoms with van der Waals surface area (Å²) in [5, 5.41) is 2.70. The number of hydrogen-bond donors (Lipinski definition) is 1. The van der Waals surface area contributed by atoms with E-state index in [9.17, 15) is 18.0 Å². The van der Waals surface area contributed by atoms with Crippen LogP contribution >= 0.6 is 0 Å². The molecule has 0 saturated carbocycles. The maximum Gasteiger partial charge on any atom is 0.337 e. The van der Waals surface area contributed by atoms with Crippen molar-refractivity contribution in [1.82, 2.24) is 4.31 Å². The molecule has 0 unspecified atom stereocenters. The summed E-state index contributed by atoms with van der Waals surface area (Å²) >= 11 is 0. The summed E-state index contributed by atoms with van der Waals surface area (Å²) in [6.07, 6.45) is 0. The summed E-state index contributed by atoms with van der Waals surface area (Å²) in [6.45, 7) is 5.93. The van der Waals surface area contributed by atoms with Crippen molar-refractivity contribution in [1.29, 1.82) is 0 Å². The van der Waals surface area contributed by atoms with Crippen molar-refractivity contribution in [2.45, 2.75) is 25.7 Å². The summed E-state index contributed by atoms with van der Waals surface area (Å²) in [6, 6.07) is 10.8. The number of sulfonamides is 1. The molecule has 1 amide bonds. The lowest BCUT2D eigenvalue weighted by Crippen LogP contribution is -2.31. The van der Waals surface area contributed by atoms with E-state index in [-0.39, 0.29) is 10.5 Å². The van der Waals surface area contributed by atoms with Crippen LogP contribution in [-0.4, -0.2) is 44.8 Å². The highest BCUT2D eigenvalue weighted by Gasteiger charge is 2.24. The van der Waals surface area contributed by atoms with Crippen LogP contribution in [0.5, 0.6) is 0 Å². The molecular weight excluding hydrogens is 380 g/mol. The molecule has 150 valence electrons. The number of methoxy groups -OCH3 is 1. The average Bonchev–Trinajstić information content (AvgIpc) is 2.68. The van der Waals surface area contributed by atoms with Gasteiger partial charge in [-0.05, 0) is 48.9 Å². The van der Waals surface area contributed by atoms with Gasteiger partial charge in [-0.1, -0.05) is 19.9 Å². The Morgan fingerprint density at radius 1 is 1.00 bits per heavy atom. The Labute approximate surface area is 165 Å². The second kappa shape index (κ2) is 8.99. The summed E-state index contributed by atoms with van der Waals surface area (Å²) in [5.41, 5.74) is 1.65. The highest BCUT2D eigenvalue weighted by Crippen LogP contribution is 2.22. The smallest absolute Gasteiger partial charge is 0.337 e. The van der Waals surface area contributed by atoms with E-state index in [4.69, 9.17) is 0 Å². The Bertz CT molecular complexity index is 965. The number of anilines is 1. The number of amides is 1. The molecule has 0 bridgehead atoms. The predicted octanol–water partition coefficient (Wildman–Crippen LogP) is 3.06. The van der Waals surface area contributed by atoms with Gasteiger partial charge >= 0.3 is 5.97 Å². The standard InChI is InChI=1S/C20H24N2O5S/c1-5-22(6-2)28(25,26)18-13-16(8-7-14(18)3)19(23)21-17-11-9-15(10-12-17)20(24)27-4/h7-13H,5-6H2,1-4H3,(H,21,23). The number of esters is 1. The predicted molar refractivity (Wildman–Crippen MR) is 107 cm³/mol. The normalized spacial score (nSPS) is 11.3. The molecule has 0 aliphatic heterocycles. The fraction of sp³-hybridized carbons (Fsp3) is 0.300. The molecule has 2 rings (SSSR count). The molecule has 2 aromatic carbocycles. The minimum Gasteiger partial charge on any atom is -0.465 e. The third-order valence-corrected chi connectivity index (χ3v) is 6.53. The summed E-state index contributed by atoms with van der Waals surface area (Å²) in [7, 11) is -2.39. The lowest BCUT2D eigenvalue weighted by molar-refractivity contribution is 0.0600. The first-order valence-electron chi connectivity index (χ1n) is 8.85. The van der Waals surface area contributed by atoms with Crippen LogP contribution in [0.3, 0.4) is 0 Å². The zero-order valence-corrected chi connectivity index (χ0v) is 17.2. The van der Waals surface area contributed by atoms with E-state index in [0.717, 1.165) is 0 Å². The molecule has 0 saturated heterocycles. The van der Waals surface area contributed by atoms with E-state index in [0.29, 0.717) is 29.9 Å². The number of benzene rings is 2. The first-order chi connectivity index (χ1) is 13.2. The van der Waals surface area contributed by atoms with Crippen molar-refractivity contribution in [2.24, 2.45) is 0 Å². The zero-order valence-electron chi connectivity index (χ0n) is 16.4. The highest BCUT2D eigenvalue weighted by molar-refractivity contribution is 7.89. The molecule has 0 fully saturated rings. The molecule has 0 aliphatic rings. The topological polar surface area (TPSA) is 92.8 Å². The molecule has 0 atom stereocenters. The van der Waals surface area contributed by atoms with Crippen molar-refractivity contribution in [3.8, 4) is 0 Å². The summed E-state index contributed by atoms with van der Waals surface area (Å²) in [4.78, 5) is 24.2. The van der Waals surface area contributed by atoms with Crippen molar-refractivity contribution >= 4 is 27.6 Å². The molecule has 1 N–H and O–H groups in total. The first kappa shape index (κ1) is 21.6. The van der Waals surface area contributed by atoms with Gasteiger partial charge in [-0.25, -0.2) is 13.2 Å². The van der Waals surface area contributed by atoms with E-state index in [1.54, 1.807) is 45.0 Å². The maximum atomic E-state index is 12.8. The molecule has 0 aliphatic carbocycles. The number of ether oxygens (including phenoxy) is 1. The number of carbonyl (C=O) groups is 2. The minimum atomic E-state index is -3.68. The molecule has 0 spiro atoms. The van der Waals surface area contributed by atoms with Crippen LogP contribution in [0, 0.1) is 6.92 Å². The molecule has 0 heterocycles. The van der Waals surface area contributed by atoms with Crippen molar-refractivity contribution in [2.75, 3.05) is 25.5 Å². The van der Waals surface area contributed by atoms with Crippen molar-refractivity contribution in [3.05, 3.63) is 59.2 Å². The van der Waals surface area contributed by atoms with E-state index in [2.05, 4.69) is 10.1 Å². The quantitative estimate of drug-likeness (QED) is 0.716. The number of hydrogen-bond acceptors (Lipinski definition) is 5. The van der Waals surface area contributed by atoms with Gasteiger partial charge in [-0.2, -0.15) is 4.31 Å². The monoisotopic (exact) mass is 404 g/mol. The highest BCUT2D eigenvalue weighted by atomic mass is 32.2. The summed E-state index contributed by atoms with van der Waals surface area (Å²) in [5.74, 6) is -0.913. The van der Waals surface area contributed by atoms with Gasteiger partial charge in [0.05, 0.1) is 17.6 Å². The number of nitrogens with zero attached hydrogens (tertiary/aromatic N) is 1. The molecular formula is C20H24N2O5S. The number of aryl methyl sites for hydroxylation is 1. The zero-order chi connectivity index (χ0) is 20.9. The average molecular weight is 404 g/mol. The molecule has 7 nitrogen and oxygen atoms in total. The van der Waals surface area contributed by atoms with Gasteiger partial charge in [0.15, 0.2) is 0 Å². The summed E-state index contributed by atoms with van der Waals surface area (Å²) < 4.78 is 31.6. The number of rotatable bonds is 7. The Morgan fingerprint density at radius 3 is 2.11 bits per heavy atom. The molecule has 28 heavy (non-hydrogen) atoms. The second-order valence-corrected chi connectivity index (χ2v) is 8.00. The third-order valence-electron chi connectivity index (χ3n) is 4.34. The second-order valence-electron chi connectivity index (χ2n) is 6.09. The van der Waals surface area contributed by atoms with E-state index in [1.165, 1.54) is 29.6 Å². The Balaban J connectivity index is 2.28. The third kappa shape index (κ3) is 4.58. The van der Waals surface area contributed by atoms with Crippen LogP contribution in [0.2, 0.25) is 0 Å². The van der Waals surface area contributed by atoms with Crippen LogP contribution in [0.1, 0.15) is 40.1 Å². The lowest BCUT2D eigenvalue weighted by Gasteiger charge is -2.20. The number of nitrogens with one attached hydrogen (secondary N) is 1. The largest absolute Gasteiger partial charge is 0.465 e. The van der Waals surface area contributed by atoms with Crippen LogP contribution < -0.4 is 5.32 Å². The van der Waals surface area contributed by atoms with Gasteiger partial charge in [-0.15, -0.1) is 0 Å². The van der Waals surface area contributed by atoms with Gasteiger partial charge in [0.25, 0.3) is 5.91 Å². The fourth-order valence-corrected chi connectivity index (χ4v) is 4.44. The van der Waals surface area contributed by atoms with Crippen LogP contribution in [0.15, 0.2) is 47.4 Å². The fourth-order valence-electron chi connectivity index (χ4n) is 2.73. The molecule has 8 heteroatoms. The molecule has 0 aromatic heterocycles. The maximum absolute atomic E-state index is 12.8. The van der Waals surface area contributed by atoms with Gasteiger partial charge in [0, 0.05) is 24.3 Å². The van der Waals surface area contributed by atoms with Crippen molar-refractivity contribution < 1.29 is 22.7 Å². The minimum absolute atomic E-state index is 0.116. The van der Waals surface area contributed by atoms with E-state index in [1.807, 2.05) is 0 Å². The van der Waals surface area contributed by atoms with Gasteiger partial charge in [-0.3, -0.25) is 4.79 Å². The van der Waals surface area contributed by atoms with Crippen molar-refractivity contribution in [3.63, 3.8) is 0 Å². The Morgan fingerprint density at radius 2 is 1.57 bits per heavy atom. The molecule has 0 radical (unpaired) electrons. The van der Waals surface area contributed by atoms with E-state index >= 15 is 0 Å². The Hall–Kier alpha value is -2.71. The Kier molecular flexibility index (Phi) is 6.93. The van der Waals surface area contributed by atoms with E-state index < -0.39 is 21.9 Å². The first-order valence-corrected chi connectivity index (χ1v) is 10.3. The van der Waals surface area contributed by atoms with Gasteiger partial charge < -0.3 is 10.1 Å². The van der Waals surface area contributed by atoms with Crippen LogP contribution in [0.25, 0.3) is 0 Å². The molecule has 2 aromatic rings.